The number of hydrogen-bond donors (Lipinski definition) is 0. The van der Waals surface area contributed by atoms with Crippen LogP contribution in [0.25, 0.3) is 0 Å². The van der Waals surface area contributed by atoms with Crippen molar-refractivity contribution >= 4 is 12.4 Å². The van der Waals surface area contributed by atoms with Crippen LogP contribution in [-0.2, 0) is 0 Å². The first kappa shape index (κ1) is 14.1. The molecule has 0 unspecified atom stereocenters. The maximum atomic E-state index is 2.21. The Morgan fingerprint density at radius 3 is 2.25 bits per heavy atom. The van der Waals surface area contributed by atoms with Crippen molar-refractivity contribution in [3.05, 3.63) is 36.5 Å². The van der Waals surface area contributed by atoms with Crippen LogP contribution in [0.15, 0.2) is 36.5 Å². The fourth-order valence-corrected chi connectivity index (χ4v) is 0.736. The molecular formula is C11H19Cl. The van der Waals surface area contributed by atoms with Crippen LogP contribution in [0.2, 0.25) is 0 Å². The summed E-state index contributed by atoms with van der Waals surface area (Å²) in [6.45, 7) is 4.23. The largest absolute Gasteiger partial charge is 0.147 e. The van der Waals surface area contributed by atoms with Crippen molar-refractivity contribution in [2.45, 2.75) is 33.1 Å². The third kappa shape index (κ3) is 12.2. The van der Waals surface area contributed by atoms with E-state index < -0.39 is 0 Å². The Labute approximate surface area is 82.5 Å². The normalized spacial score (nSPS) is 11.5. The Morgan fingerprint density at radius 1 is 1.00 bits per heavy atom. The van der Waals surface area contributed by atoms with Crippen molar-refractivity contribution in [1.29, 1.82) is 0 Å². The molecule has 0 aromatic carbocycles. The van der Waals surface area contributed by atoms with Crippen LogP contribution in [0.4, 0.5) is 0 Å². The molecule has 0 aromatic rings. The predicted molar refractivity (Wildman–Crippen MR) is 59.9 cm³/mol. The molecule has 0 aliphatic carbocycles. The lowest BCUT2D eigenvalue weighted by Crippen LogP contribution is -1.64. The second-order valence-corrected chi connectivity index (χ2v) is 2.48. The zero-order chi connectivity index (χ0) is 8.36. The van der Waals surface area contributed by atoms with E-state index in [1.165, 1.54) is 19.3 Å². The van der Waals surface area contributed by atoms with Crippen LogP contribution in [0, 0.1) is 0 Å². The highest BCUT2D eigenvalue weighted by Crippen LogP contribution is 1.94. The molecule has 0 fully saturated rings. The smallest absolute Gasteiger partial charge is 0.0348 e. The number of allylic oxidation sites excluding steroid dienone is 6. The van der Waals surface area contributed by atoms with E-state index in [0.29, 0.717) is 0 Å². The molecule has 0 radical (unpaired) electrons. The lowest BCUT2D eigenvalue weighted by atomic mass is 10.2. The summed E-state index contributed by atoms with van der Waals surface area (Å²) in [5, 5.41) is 0. The van der Waals surface area contributed by atoms with Gasteiger partial charge in [-0.25, -0.2) is 0 Å². The van der Waals surface area contributed by atoms with Gasteiger partial charge in [0.2, 0.25) is 0 Å². The highest BCUT2D eigenvalue weighted by atomic mass is 35.5. The van der Waals surface area contributed by atoms with Crippen LogP contribution in [0.3, 0.4) is 0 Å². The number of hydrogen-bond acceptors (Lipinski definition) is 0. The highest BCUT2D eigenvalue weighted by molar-refractivity contribution is 5.85. The van der Waals surface area contributed by atoms with Gasteiger partial charge in [-0.05, 0) is 13.3 Å². The molecule has 1 heteroatoms. The van der Waals surface area contributed by atoms with Crippen molar-refractivity contribution in [2.75, 3.05) is 0 Å². The van der Waals surface area contributed by atoms with Gasteiger partial charge in [0.25, 0.3) is 0 Å². The van der Waals surface area contributed by atoms with E-state index in [4.69, 9.17) is 0 Å². The molecular weight excluding hydrogens is 168 g/mol. The van der Waals surface area contributed by atoms with Gasteiger partial charge in [0.1, 0.15) is 0 Å². The summed E-state index contributed by atoms with van der Waals surface area (Å²) < 4.78 is 0. The van der Waals surface area contributed by atoms with E-state index >= 15 is 0 Å². The van der Waals surface area contributed by atoms with Crippen LogP contribution in [0.5, 0.6) is 0 Å². The van der Waals surface area contributed by atoms with Gasteiger partial charge in [-0.3, -0.25) is 0 Å². The molecule has 0 spiro atoms. The molecule has 0 amide bonds. The van der Waals surface area contributed by atoms with Crippen molar-refractivity contribution < 1.29 is 0 Å². The quantitative estimate of drug-likeness (QED) is 0.444. The average Bonchev–Trinajstić information content (AvgIpc) is 2.03. The van der Waals surface area contributed by atoms with Gasteiger partial charge in [-0.15, -0.1) is 12.4 Å². The molecule has 0 N–H and O–H groups in total. The van der Waals surface area contributed by atoms with Crippen LogP contribution >= 0.6 is 12.4 Å². The molecule has 0 aromatic heterocycles. The van der Waals surface area contributed by atoms with E-state index in [1.807, 2.05) is 25.2 Å². The minimum absolute atomic E-state index is 0. The fraction of sp³-hybridized carbons (Fsp3) is 0.455. The molecule has 0 aliphatic rings. The Morgan fingerprint density at radius 2 is 1.67 bits per heavy atom. The second-order valence-electron chi connectivity index (χ2n) is 2.48. The summed E-state index contributed by atoms with van der Waals surface area (Å²) in [4.78, 5) is 0. The minimum Gasteiger partial charge on any atom is -0.147 e. The first-order valence-corrected chi connectivity index (χ1v) is 4.36. The van der Waals surface area contributed by atoms with Gasteiger partial charge in [0.15, 0.2) is 0 Å². The average molecular weight is 187 g/mol. The summed E-state index contributed by atoms with van der Waals surface area (Å²) in [6.07, 6.45) is 16.3. The SMILES string of the molecule is CC=CC=CC=CCCCC.Cl. The third-order valence-corrected chi connectivity index (χ3v) is 1.39. The molecule has 0 nitrogen and oxygen atoms in total. The van der Waals surface area contributed by atoms with Crippen LogP contribution < -0.4 is 0 Å². The van der Waals surface area contributed by atoms with E-state index in [2.05, 4.69) is 25.2 Å². The molecule has 70 valence electrons. The van der Waals surface area contributed by atoms with Gasteiger partial charge in [-0.2, -0.15) is 0 Å². The maximum Gasteiger partial charge on any atom is -0.0348 e. The Bertz CT molecular complexity index is 143. The molecule has 0 aliphatic heterocycles. The number of rotatable bonds is 5. The first-order chi connectivity index (χ1) is 5.41. The lowest BCUT2D eigenvalue weighted by molar-refractivity contribution is 0.815. The zero-order valence-electron chi connectivity index (χ0n) is 7.99. The second kappa shape index (κ2) is 13.1. The van der Waals surface area contributed by atoms with Gasteiger partial charge in [0, 0.05) is 0 Å². The van der Waals surface area contributed by atoms with Gasteiger partial charge >= 0.3 is 0 Å². The molecule has 0 saturated carbocycles. The molecule has 0 bridgehead atoms. The van der Waals surface area contributed by atoms with Gasteiger partial charge < -0.3 is 0 Å². The van der Waals surface area contributed by atoms with Gasteiger partial charge in [-0.1, -0.05) is 56.2 Å². The Kier molecular flexibility index (Phi) is 15.4. The Hall–Kier alpha value is -0.490. The molecule has 0 rings (SSSR count). The van der Waals surface area contributed by atoms with E-state index in [1.54, 1.807) is 0 Å². The highest BCUT2D eigenvalue weighted by Gasteiger charge is 1.74. The number of halogens is 1. The molecule has 0 atom stereocenters. The van der Waals surface area contributed by atoms with Crippen LogP contribution in [0.1, 0.15) is 33.1 Å². The molecule has 12 heavy (non-hydrogen) atoms. The van der Waals surface area contributed by atoms with Crippen molar-refractivity contribution in [1.82, 2.24) is 0 Å². The van der Waals surface area contributed by atoms with Crippen LogP contribution in [-0.4, -0.2) is 0 Å². The van der Waals surface area contributed by atoms with E-state index in [0.717, 1.165) is 0 Å². The van der Waals surface area contributed by atoms with Gasteiger partial charge in [0.05, 0.1) is 0 Å². The zero-order valence-corrected chi connectivity index (χ0v) is 8.81. The third-order valence-electron chi connectivity index (χ3n) is 1.39. The summed E-state index contributed by atoms with van der Waals surface area (Å²) >= 11 is 0. The van der Waals surface area contributed by atoms with E-state index in [9.17, 15) is 0 Å². The summed E-state index contributed by atoms with van der Waals surface area (Å²) in [5.74, 6) is 0. The van der Waals surface area contributed by atoms with Crippen molar-refractivity contribution in [2.24, 2.45) is 0 Å². The molecule has 0 heterocycles. The summed E-state index contributed by atoms with van der Waals surface area (Å²) in [6, 6.07) is 0. The molecule has 0 saturated heterocycles. The van der Waals surface area contributed by atoms with E-state index in [-0.39, 0.29) is 12.4 Å². The van der Waals surface area contributed by atoms with Crippen molar-refractivity contribution in [3.8, 4) is 0 Å². The first-order valence-electron chi connectivity index (χ1n) is 4.36. The minimum atomic E-state index is 0. The summed E-state index contributed by atoms with van der Waals surface area (Å²) in [7, 11) is 0. The van der Waals surface area contributed by atoms with Crippen molar-refractivity contribution in [3.63, 3.8) is 0 Å². The topological polar surface area (TPSA) is 0 Å². The maximum absolute atomic E-state index is 2.21. The number of unbranched alkanes of at least 4 members (excludes halogenated alkanes) is 2. The fourth-order valence-electron chi connectivity index (χ4n) is 0.736. The predicted octanol–water partition coefficient (Wildman–Crippen LogP) is 4.29. The monoisotopic (exact) mass is 186 g/mol. The lowest BCUT2D eigenvalue weighted by Gasteiger charge is -1.84. The summed E-state index contributed by atoms with van der Waals surface area (Å²) in [5.41, 5.74) is 0. The Balaban J connectivity index is 0. The standard InChI is InChI=1S/C11H18.ClH/c1-3-5-7-9-11-10-8-6-4-2;/h3,5,7,9-11H,4,6,8H2,1-2H3;1H.